The molecule has 1 saturated carbocycles. The number of hydrogen-bond acceptors (Lipinski definition) is 2. The van der Waals surface area contributed by atoms with Crippen LogP contribution < -0.4 is 5.32 Å². The lowest BCUT2D eigenvalue weighted by atomic mass is 9.95. The second-order valence-electron chi connectivity index (χ2n) is 5.53. The SMILES string of the molecule is Cc1ccc(Cl)cc1Nc1nccn1C1CCCCC1. The Balaban J connectivity index is 1.84. The number of aromatic nitrogens is 2. The number of aryl methyl sites for hydroxylation is 1. The van der Waals surface area contributed by atoms with E-state index in [4.69, 9.17) is 11.6 Å². The van der Waals surface area contributed by atoms with Crippen molar-refractivity contribution in [3.63, 3.8) is 0 Å². The van der Waals surface area contributed by atoms with Gasteiger partial charge in [-0.25, -0.2) is 4.98 Å². The Hall–Kier alpha value is -1.48. The van der Waals surface area contributed by atoms with Crippen molar-refractivity contribution in [3.05, 3.63) is 41.2 Å². The van der Waals surface area contributed by atoms with E-state index >= 15 is 0 Å². The Morgan fingerprint density at radius 2 is 2.05 bits per heavy atom. The molecular formula is C16H20ClN3. The molecular weight excluding hydrogens is 270 g/mol. The van der Waals surface area contributed by atoms with Crippen molar-refractivity contribution in [2.24, 2.45) is 0 Å². The van der Waals surface area contributed by atoms with Crippen LogP contribution in [0.4, 0.5) is 11.6 Å². The third kappa shape index (κ3) is 2.83. The van der Waals surface area contributed by atoms with E-state index in [0.29, 0.717) is 6.04 Å². The minimum atomic E-state index is 0.577. The maximum Gasteiger partial charge on any atom is 0.207 e. The molecule has 0 atom stereocenters. The van der Waals surface area contributed by atoms with Crippen molar-refractivity contribution in [2.45, 2.75) is 45.1 Å². The van der Waals surface area contributed by atoms with Gasteiger partial charge in [0.1, 0.15) is 0 Å². The fraction of sp³-hybridized carbons (Fsp3) is 0.438. The van der Waals surface area contributed by atoms with Crippen LogP contribution in [-0.4, -0.2) is 9.55 Å². The monoisotopic (exact) mass is 289 g/mol. The standard InChI is InChI=1S/C16H20ClN3/c1-12-7-8-13(17)11-15(12)19-16-18-9-10-20(16)14-5-3-2-4-6-14/h7-11,14H,2-6H2,1H3,(H,18,19). The number of rotatable bonds is 3. The number of benzene rings is 1. The summed E-state index contributed by atoms with van der Waals surface area (Å²) < 4.78 is 2.28. The van der Waals surface area contributed by atoms with Crippen LogP contribution >= 0.6 is 11.6 Å². The van der Waals surface area contributed by atoms with Gasteiger partial charge in [-0.1, -0.05) is 36.9 Å². The quantitative estimate of drug-likeness (QED) is 0.852. The third-order valence-corrected chi connectivity index (χ3v) is 4.32. The van der Waals surface area contributed by atoms with Gasteiger partial charge in [-0.15, -0.1) is 0 Å². The zero-order chi connectivity index (χ0) is 13.9. The number of imidazole rings is 1. The average Bonchev–Trinajstić information content (AvgIpc) is 2.92. The van der Waals surface area contributed by atoms with E-state index in [2.05, 4.69) is 28.0 Å². The Morgan fingerprint density at radius 3 is 2.85 bits per heavy atom. The van der Waals surface area contributed by atoms with Gasteiger partial charge in [-0.3, -0.25) is 0 Å². The number of hydrogen-bond donors (Lipinski definition) is 1. The minimum Gasteiger partial charge on any atom is -0.325 e. The summed E-state index contributed by atoms with van der Waals surface area (Å²) in [6.07, 6.45) is 10.5. The Kier molecular flexibility index (Phi) is 3.97. The number of nitrogens with zero attached hydrogens (tertiary/aromatic N) is 2. The number of halogens is 1. The van der Waals surface area contributed by atoms with Crippen LogP contribution in [0.3, 0.4) is 0 Å². The molecule has 0 unspecified atom stereocenters. The second-order valence-corrected chi connectivity index (χ2v) is 5.97. The van der Waals surface area contributed by atoms with Gasteiger partial charge in [-0.05, 0) is 37.5 Å². The lowest BCUT2D eigenvalue weighted by Crippen LogP contribution is -2.14. The van der Waals surface area contributed by atoms with E-state index in [1.54, 1.807) is 0 Å². The molecule has 1 heterocycles. The maximum absolute atomic E-state index is 6.08. The predicted octanol–water partition coefficient (Wildman–Crippen LogP) is 5.09. The molecule has 3 rings (SSSR count). The van der Waals surface area contributed by atoms with Crippen LogP contribution in [0.15, 0.2) is 30.6 Å². The van der Waals surface area contributed by atoms with Crippen molar-refractivity contribution in [1.29, 1.82) is 0 Å². The van der Waals surface area contributed by atoms with Gasteiger partial charge in [0.05, 0.1) is 0 Å². The summed E-state index contributed by atoms with van der Waals surface area (Å²) in [6, 6.07) is 6.47. The van der Waals surface area contributed by atoms with E-state index in [1.165, 1.54) is 37.7 Å². The molecule has 3 nitrogen and oxygen atoms in total. The fourth-order valence-corrected chi connectivity index (χ4v) is 3.09. The number of nitrogens with one attached hydrogen (secondary N) is 1. The van der Waals surface area contributed by atoms with Gasteiger partial charge in [0.25, 0.3) is 0 Å². The summed E-state index contributed by atoms with van der Waals surface area (Å²) in [5.41, 5.74) is 2.20. The Bertz CT molecular complexity index is 585. The third-order valence-electron chi connectivity index (χ3n) is 4.08. The molecule has 106 valence electrons. The summed E-state index contributed by atoms with van der Waals surface area (Å²) in [5.74, 6) is 0.919. The first-order valence-corrected chi connectivity index (χ1v) is 7.68. The molecule has 0 amide bonds. The highest BCUT2D eigenvalue weighted by atomic mass is 35.5. The topological polar surface area (TPSA) is 29.9 Å². The molecule has 2 aromatic rings. The molecule has 0 bridgehead atoms. The lowest BCUT2D eigenvalue weighted by Gasteiger charge is -2.25. The van der Waals surface area contributed by atoms with Crippen LogP contribution in [0.2, 0.25) is 5.02 Å². The van der Waals surface area contributed by atoms with Gasteiger partial charge in [0.15, 0.2) is 0 Å². The molecule has 20 heavy (non-hydrogen) atoms. The molecule has 0 aliphatic heterocycles. The van der Waals surface area contributed by atoms with Crippen LogP contribution in [0.25, 0.3) is 0 Å². The van der Waals surface area contributed by atoms with E-state index in [1.807, 2.05) is 24.4 Å². The van der Waals surface area contributed by atoms with Gasteiger partial charge < -0.3 is 9.88 Å². The highest BCUT2D eigenvalue weighted by Crippen LogP contribution is 2.31. The molecule has 1 fully saturated rings. The highest BCUT2D eigenvalue weighted by molar-refractivity contribution is 6.30. The van der Waals surface area contributed by atoms with Crippen LogP contribution in [0.5, 0.6) is 0 Å². The van der Waals surface area contributed by atoms with Crippen molar-refractivity contribution >= 4 is 23.2 Å². The summed E-state index contributed by atoms with van der Waals surface area (Å²) in [5, 5.41) is 4.17. The van der Waals surface area contributed by atoms with E-state index in [0.717, 1.165) is 16.7 Å². The van der Waals surface area contributed by atoms with Crippen molar-refractivity contribution in [2.75, 3.05) is 5.32 Å². The van der Waals surface area contributed by atoms with Crippen molar-refractivity contribution in [3.8, 4) is 0 Å². The summed E-state index contributed by atoms with van der Waals surface area (Å²) >= 11 is 6.08. The largest absolute Gasteiger partial charge is 0.325 e. The molecule has 1 aromatic carbocycles. The predicted molar refractivity (Wildman–Crippen MR) is 83.8 cm³/mol. The first-order chi connectivity index (χ1) is 9.74. The molecule has 4 heteroatoms. The first kappa shape index (κ1) is 13.5. The van der Waals surface area contributed by atoms with Gasteiger partial charge in [0.2, 0.25) is 5.95 Å². The zero-order valence-electron chi connectivity index (χ0n) is 11.8. The molecule has 1 N–H and O–H groups in total. The molecule has 1 aromatic heterocycles. The van der Waals surface area contributed by atoms with Crippen LogP contribution in [-0.2, 0) is 0 Å². The summed E-state index contributed by atoms with van der Waals surface area (Å²) in [4.78, 5) is 4.47. The zero-order valence-corrected chi connectivity index (χ0v) is 12.5. The summed E-state index contributed by atoms with van der Waals surface area (Å²) in [7, 11) is 0. The second kappa shape index (κ2) is 5.88. The molecule has 1 aliphatic carbocycles. The van der Waals surface area contributed by atoms with E-state index in [9.17, 15) is 0 Å². The number of anilines is 2. The maximum atomic E-state index is 6.08. The highest BCUT2D eigenvalue weighted by Gasteiger charge is 2.18. The lowest BCUT2D eigenvalue weighted by molar-refractivity contribution is 0.356. The van der Waals surface area contributed by atoms with Crippen LogP contribution in [0.1, 0.15) is 43.7 Å². The molecule has 0 spiro atoms. The normalized spacial score (nSPS) is 16.3. The Labute approximate surface area is 125 Å². The fourth-order valence-electron chi connectivity index (χ4n) is 2.91. The summed E-state index contributed by atoms with van der Waals surface area (Å²) in [6.45, 7) is 2.08. The van der Waals surface area contributed by atoms with Crippen molar-refractivity contribution in [1.82, 2.24) is 9.55 Å². The van der Waals surface area contributed by atoms with Gasteiger partial charge >= 0.3 is 0 Å². The first-order valence-electron chi connectivity index (χ1n) is 7.30. The molecule has 1 aliphatic rings. The van der Waals surface area contributed by atoms with Crippen molar-refractivity contribution < 1.29 is 0 Å². The molecule has 0 radical (unpaired) electrons. The van der Waals surface area contributed by atoms with E-state index < -0.39 is 0 Å². The van der Waals surface area contributed by atoms with Gasteiger partial charge in [-0.2, -0.15) is 0 Å². The minimum absolute atomic E-state index is 0.577. The molecule has 0 saturated heterocycles. The smallest absolute Gasteiger partial charge is 0.207 e. The average molecular weight is 290 g/mol. The van der Waals surface area contributed by atoms with Gasteiger partial charge in [0, 0.05) is 29.1 Å². The van der Waals surface area contributed by atoms with E-state index in [-0.39, 0.29) is 0 Å². The van der Waals surface area contributed by atoms with Crippen LogP contribution in [0, 0.1) is 6.92 Å². The Morgan fingerprint density at radius 1 is 1.25 bits per heavy atom.